The van der Waals surface area contributed by atoms with E-state index >= 15 is 0 Å². The van der Waals surface area contributed by atoms with Crippen LogP contribution < -0.4 is 31.3 Å². The normalized spacial score (nSPS) is 14.8. The number of piperidine rings is 1. The van der Waals surface area contributed by atoms with Crippen LogP contribution in [0.5, 0.6) is 6.01 Å². The number of ether oxygens (including phenoxy) is 1. The smallest absolute Gasteiger partial charge is 0.422 e. The van der Waals surface area contributed by atoms with E-state index in [1.807, 2.05) is 12.1 Å². The third-order valence-corrected chi connectivity index (χ3v) is 9.80. The predicted molar refractivity (Wildman–Crippen MR) is 211 cm³/mol. The van der Waals surface area contributed by atoms with Crippen LogP contribution in [0, 0.1) is 5.41 Å². The first-order valence-electron chi connectivity index (χ1n) is 18.7. The summed E-state index contributed by atoms with van der Waals surface area (Å²) in [7, 11) is 0. The molecule has 0 radical (unpaired) electrons. The minimum atomic E-state index is -4.62. The van der Waals surface area contributed by atoms with Crippen molar-refractivity contribution in [2.75, 3.05) is 48.7 Å². The van der Waals surface area contributed by atoms with Gasteiger partial charge in [0, 0.05) is 53.7 Å². The third-order valence-electron chi connectivity index (χ3n) is 9.55. The molecule has 0 spiro atoms. The molecule has 4 aromatic rings. The van der Waals surface area contributed by atoms with E-state index in [1.54, 1.807) is 67.3 Å². The summed E-state index contributed by atoms with van der Waals surface area (Å²) in [6.07, 6.45) is -0.168. The van der Waals surface area contributed by atoms with Gasteiger partial charge in [0.1, 0.15) is 0 Å². The molecule has 1 aliphatic heterocycles. The van der Waals surface area contributed by atoms with E-state index < -0.39 is 47.5 Å². The highest BCUT2D eigenvalue weighted by atomic mass is 35.5. The summed E-state index contributed by atoms with van der Waals surface area (Å²) in [5, 5.41) is 14.7. The highest BCUT2D eigenvalue weighted by Crippen LogP contribution is 2.48. The van der Waals surface area contributed by atoms with Gasteiger partial charge >= 0.3 is 24.0 Å². The second-order valence-corrected chi connectivity index (χ2v) is 15.4. The number of benzene rings is 3. The van der Waals surface area contributed by atoms with Crippen LogP contribution >= 0.6 is 11.6 Å². The van der Waals surface area contributed by atoms with Crippen LogP contribution in [-0.2, 0) is 15.1 Å². The summed E-state index contributed by atoms with van der Waals surface area (Å²) in [5.41, 5.74) is 1.20. The van der Waals surface area contributed by atoms with Crippen molar-refractivity contribution in [2.45, 2.75) is 57.7 Å². The fraction of sp³-hybridized carbons (Fsp3) is 0.375. The number of carbonyl (C=O) groups excluding carboxylic acids is 4. The van der Waals surface area contributed by atoms with Gasteiger partial charge in [-0.05, 0) is 97.7 Å². The number of nitrogens with zero attached hydrogens (tertiary/aromatic N) is 4. The highest BCUT2D eigenvalue weighted by Gasteiger charge is 2.45. The van der Waals surface area contributed by atoms with Gasteiger partial charge in [-0.1, -0.05) is 43.6 Å². The van der Waals surface area contributed by atoms with Crippen LogP contribution in [0.25, 0.3) is 0 Å². The Hall–Kier alpha value is -5.97. The van der Waals surface area contributed by atoms with Crippen molar-refractivity contribution < 1.29 is 37.1 Å². The first-order valence-corrected chi connectivity index (χ1v) is 19.1. The van der Waals surface area contributed by atoms with Crippen molar-refractivity contribution in [1.82, 2.24) is 30.5 Å². The van der Waals surface area contributed by atoms with Gasteiger partial charge in [0.2, 0.25) is 11.9 Å². The van der Waals surface area contributed by atoms with Crippen molar-refractivity contribution in [3.05, 3.63) is 94.5 Å². The average Bonchev–Trinajstić information content (AvgIpc) is 3.98. The van der Waals surface area contributed by atoms with Gasteiger partial charge in [-0.25, -0.2) is 0 Å². The van der Waals surface area contributed by atoms with Gasteiger partial charge in [-0.2, -0.15) is 28.1 Å². The summed E-state index contributed by atoms with van der Waals surface area (Å²) in [6.45, 7) is 3.59. The lowest BCUT2D eigenvalue weighted by molar-refractivity contribution is -0.154. The van der Waals surface area contributed by atoms with E-state index in [2.05, 4.69) is 41.5 Å². The Morgan fingerprint density at radius 2 is 1.47 bits per heavy atom. The average molecular weight is 822 g/mol. The fourth-order valence-electron chi connectivity index (χ4n) is 6.19. The number of alkyl halides is 3. The molecule has 1 aliphatic carbocycles. The molecule has 0 atom stereocenters. The summed E-state index contributed by atoms with van der Waals surface area (Å²) < 4.78 is 43.8. The molecule has 0 bridgehead atoms. The van der Waals surface area contributed by atoms with Crippen molar-refractivity contribution >= 4 is 58.5 Å². The zero-order chi connectivity index (χ0) is 41.5. The van der Waals surface area contributed by atoms with Gasteiger partial charge in [0.05, 0.1) is 5.54 Å². The quantitative estimate of drug-likeness (QED) is 0.0889. The number of nitrogens with one attached hydrogen (secondary N) is 5. The van der Waals surface area contributed by atoms with E-state index in [0.29, 0.717) is 40.6 Å². The molecule has 3 aromatic carbocycles. The SMILES string of the molecule is CC(C)(CNC(=O)C(=O)Nc1cccc(C(=O)N2CCCCC2)c1)CNC(=O)c1ccc(Nc2nc(NC3(c4ccc(Cl)cc4)CC3)nc(OCC(F)(F)F)n2)cc1. The lowest BCUT2D eigenvalue weighted by Crippen LogP contribution is -2.45. The zero-order valence-corrected chi connectivity index (χ0v) is 32.6. The van der Waals surface area contributed by atoms with Crippen molar-refractivity contribution in [3.63, 3.8) is 0 Å². The molecule has 58 heavy (non-hydrogen) atoms. The Bertz CT molecular complexity index is 2130. The van der Waals surface area contributed by atoms with Crippen LogP contribution in [-0.4, -0.2) is 82.4 Å². The molecular weight excluding hydrogens is 779 g/mol. The Labute approximate surface area is 337 Å². The lowest BCUT2D eigenvalue weighted by atomic mass is 9.93. The summed E-state index contributed by atoms with van der Waals surface area (Å²) in [4.78, 5) is 65.5. The largest absolute Gasteiger partial charge is 0.454 e. The van der Waals surface area contributed by atoms with E-state index in [1.165, 1.54) is 12.1 Å². The Morgan fingerprint density at radius 1 is 0.793 bits per heavy atom. The maximum absolute atomic E-state index is 13.0. The topological polar surface area (TPSA) is 180 Å². The van der Waals surface area contributed by atoms with E-state index in [4.69, 9.17) is 16.3 Å². The monoisotopic (exact) mass is 821 g/mol. The van der Waals surface area contributed by atoms with Gasteiger partial charge in [-0.15, -0.1) is 0 Å². The van der Waals surface area contributed by atoms with Crippen molar-refractivity contribution in [1.29, 1.82) is 0 Å². The molecule has 2 heterocycles. The van der Waals surface area contributed by atoms with Crippen LogP contribution in [0.4, 0.5) is 36.4 Å². The summed E-state index contributed by atoms with van der Waals surface area (Å²) >= 11 is 6.04. The number of anilines is 4. The standard InChI is InChI=1S/C40H43ClF3N9O5/c1-38(2,23-46-32(55)33(56)47-30-8-6-7-26(21-30)34(57)53-19-4-3-5-20-53)22-45-31(54)25-9-15-29(16-10-25)48-35-49-36(51-37(50-35)58-24-40(42,43)44)52-39(17-18-39)27-11-13-28(41)14-12-27/h6-16,21H,3-5,17-20,22-24H2,1-2H3,(H,45,54)(H,46,55)(H,47,56)(H2,48,49,50,51,52). The molecule has 5 N–H and O–H groups in total. The number of halogens is 4. The van der Waals surface area contributed by atoms with Gasteiger partial charge in [0.15, 0.2) is 6.61 Å². The number of carbonyl (C=O) groups is 4. The lowest BCUT2D eigenvalue weighted by Gasteiger charge is -2.26. The first kappa shape index (κ1) is 41.7. The van der Waals surface area contributed by atoms with E-state index in [0.717, 1.165) is 37.7 Å². The van der Waals surface area contributed by atoms with Crippen LogP contribution in [0.3, 0.4) is 0 Å². The Kier molecular flexibility index (Phi) is 12.7. The molecule has 18 heteroatoms. The Balaban J connectivity index is 1.00. The van der Waals surface area contributed by atoms with Crippen molar-refractivity contribution in [3.8, 4) is 6.01 Å². The molecule has 306 valence electrons. The molecule has 2 fully saturated rings. The first-order chi connectivity index (χ1) is 27.6. The molecule has 6 rings (SSSR count). The molecule has 1 saturated heterocycles. The number of hydrogen-bond acceptors (Lipinski definition) is 10. The zero-order valence-electron chi connectivity index (χ0n) is 31.8. The maximum atomic E-state index is 13.0. The molecule has 0 unspecified atom stereocenters. The molecule has 1 aromatic heterocycles. The van der Waals surface area contributed by atoms with Gasteiger partial charge in [-0.3, -0.25) is 19.2 Å². The van der Waals surface area contributed by atoms with E-state index in [-0.39, 0.29) is 30.9 Å². The second kappa shape index (κ2) is 17.7. The van der Waals surface area contributed by atoms with Crippen LogP contribution in [0.2, 0.25) is 5.02 Å². The molecule has 14 nitrogen and oxygen atoms in total. The maximum Gasteiger partial charge on any atom is 0.422 e. The van der Waals surface area contributed by atoms with Crippen LogP contribution in [0.1, 0.15) is 72.2 Å². The molecule has 1 saturated carbocycles. The third kappa shape index (κ3) is 11.6. The van der Waals surface area contributed by atoms with Crippen molar-refractivity contribution in [2.24, 2.45) is 5.41 Å². The fourth-order valence-corrected chi connectivity index (χ4v) is 6.31. The van der Waals surface area contributed by atoms with Gasteiger partial charge < -0.3 is 36.2 Å². The van der Waals surface area contributed by atoms with E-state index in [9.17, 15) is 32.3 Å². The number of amides is 4. The molecule has 2 aliphatic rings. The van der Waals surface area contributed by atoms with Gasteiger partial charge in [0.25, 0.3) is 11.8 Å². The summed E-state index contributed by atoms with van der Waals surface area (Å²) in [5.74, 6) is -2.38. The molecular formula is C40H43ClF3N9O5. The molecule has 4 amide bonds. The summed E-state index contributed by atoms with van der Waals surface area (Å²) in [6, 6.07) is 19.3. The minimum absolute atomic E-state index is 0.00333. The predicted octanol–water partition coefficient (Wildman–Crippen LogP) is 6.45. The number of likely N-dealkylation sites (tertiary alicyclic amines) is 1. The minimum Gasteiger partial charge on any atom is -0.454 e. The number of hydrogen-bond donors (Lipinski definition) is 5. The highest BCUT2D eigenvalue weighted by molar-refractivity contribution is 6.39. The van der Waals surface area contributed by atoms with Crippen LogP contribution in [0.15, 0.2) is 72.8 Å². The Morgan fingerprint density at radius 3 is 2.14 bits per heavy atom. The number of rotatable bonds is 14. The number of aromatic nitrogens is 3. The second-order valence-electron chi connectivity index (χ2n) is 15.0.